The molecule has 7 nitrogen and oxygen atoms in total. The quantitative estimate of drug-likeness (QED) is 0.515. The molecule has 124 valence electrons. The Kier molecular flexibility index (Phi) is 4.16. The van der Waals surface area contributed by atoms with Gasteiger partial charge in [-0.1, -0.05) is 24.3 Å². The number of benzene rings is 1. The van der Waals surface area contributed by atoms with Gasteiger partial charge in [-0.15, -0.1) is 0 Å². The summed E-state index contributed by atoms with van der Waals surface area (Å²) in [5, 5.41) is 14.3. The highest BCUT2D eigenvalue weighted by molar-refractivity contribution is 5.88. The zero-order valence-electron chi connectivity index (χ0n) is 13.2. The number of ether oxygens (including phenoxy) is 1. The fourth-order valence-electron chi connectivity index (χ4n) is 3.10. The number of rotatable bonds is 5. The number of nitrogens with one attached hydrogen (secondary N) is 1. The Bertz CT molecular complexity index is 793. The third-order valence-electron chi connectivity index (χ3n) is 4.19. The lowest BCUT2D eigenvalue weighted by atomic mass is 9.91. The first kappa shape index (κ1) is 15.9. The van der Waals surface area contributed by atoms with E-state index in [4.69, 9.17) is 4.74 Å². The summed E-state index contributed by atoms with van der Waals surface area (Å²) in [7, 11) is 0. The molecule has 2 aromatic rings. The Balaban J connectivity index is 2.09. The van der Waals surface area contributed by atoms with Gasteiger partial charge >= 0.3 is 11.7 Å². The van der Waals surface area contributed by atoms with Gasteiger partial charge in [-0.25, -0.2) is 9.78 Å². The second kappa shape index (κ2) is 6.27. The molecule has 1 N–H and O–H groups in total. The second-order valence-corrected chi connectivity index (χ2v) is 5.54. The van der Waals surface area contributed by atoms with Crippen LogP contribution in [-0.4, -0.2) is 22.5 Å². The number of anilines is 1. The van der Waals surface area contributed by atoms with Gasteiger partial charge in [0.05, 0.1) is 11.5 Å². The molecule has 1 aromatic carbocycles. The van der Waals surface area contributed by atoms with Crippen LogP contribution in [0, 0.1) is 10.1 Å². The lowest BCUT2D eigenvalue weighted by Gasteiger charge is -2.29. The van der Waals surface area contributed by atoms with Crippen molar-refractivity contribution in [1.82, 2.24) is 4.98 Å². The number of carbonyl (C=O) groups is 1. The molecule has 0 amide bonds. The van der Waals surface area contributed by atoms with E-state index in [-0.39, 0.29) is 18.1 Å². The van der Waals surface area contributed by atoms with Gasteiger partial charge in [0.1, 0.15) is 0 Å². The molecule has 7 heteroatoms. The van der Waals surface area contributed by atoms with Crippen LogP contribution in [0.3, 0.4) is 0 Å². The van der Waals surface area contributed by atoms with E-state index in [1.54, 1.807) is 6.92 Å². The van der Waals surface area contributed by atoms with Crippen LogP contribution in [0.1, 0.15) is 24.5 Å². The minimum absolute atomic E-state index is 0.0623. The smallest absolute Gasteiger partial charge is 0.336 e. The number of esters is 1. The molecule has 1 aromatic heterocycles. The van der Waals surface area contributed by atoms with E-state index in [0.29, 0.717) is 12.8 Å². The van der Waals surface area contributed by atoms with Gasteiger partial charge < -0.3 is 10.1 Å². The molecule has 1 aliphatic carbocycles. The van der Waals surface area contributed by atoms with Crippen molar-refractivity contribution in [3.8, 4) is 0 Å². The van der Waals surface area contributed by atoms with Crippen molar-refractivity contribution in [3.05, 3.63) is 63.8 Å². The predicted octanol–water partition coefficient (Wildman–Crippen LogP) is 2.81. The van der Waals surface area contributed by atoms with E-state index >= 15 is 0 Å². The summed E-state index contributed by atoms with van der Waals surface area (Å²) in [4.78, 5) is 27.5. The average molecular weight is 327 g/mol. The summed E-state index contributed by atoms with van der Waals surface area (Å²) >= 11 is 0. The van der Waals surface area contributed by atoms with Gasteiger partial charge in [-0.2, -0.15) is 0 Å². The predicted molar refractivity (Wildman–Crippen MR) is 87.6 cm³/mol. The molecule has 3 rings (SSSR count). The summed E-state index contributed by atoms with van der Waals surface area (Å²) in [5.74, 6) is -0.387. The van der Waals surface area contributed by atoms with Crippen molar-refractivity contribution in [2.24, 2.45) is 0 Å². The summed E-state index contributed by atoms with van der Waals surface area (Å²) in [6, 6.07) is 10.4. The fourth-order valence-corrected chi connectivity index (χ4v) is 3.10. The van der Waals surface area contributed by atoms with Gasteiger partial charge in [0.15, 0.2) is 5.54 Å². The van der Waals surface area contributed by atoms with Gasteiger partial charge in [0.2, 0.25) is 5.82 Å². The number of aryl methyl sites for hydroxylation is 1. The van der Waals surface area contributed by atoms with Crippen LogP contribution in [0.15, 0.2) is 42.6 Å². The normalized spacial score (nSPS) is 18.7. The molecule has 0 radical (unpaired) electrons. The summed E-state index contributed by atoms with van der Waals surface area (Å²) in [6.45, 7) is 1.96. The molecule has 0 saturated carbocycles. The van der Waals surface area contributed by atoms with Crippen LogP contribution >= 0.6 is 0 Å². The van der Waals surface area contributed by atoms with E-state index in [2.05, 4.69) is 10.3 Å². The third kappa shape index (κ3) is 2.58. The lowest BCUT2D eigenvalue weighted by molar-refractivity contribution is -0.384. The molecule has 0 fully saturated rings. The van der Waals surface area contributed by atoms with E-state index in [0.717, 1.165) is 11.1 Å². The van der Waals surface area contributed by atoms with Crippen LogP contribution in [0.4, 0.5) is 11.5 Å². The first-order chi connectivity index (χ1) is 11.6. The number of nitrogens with zero attached hydrogens (tertiary/aromatic N) is 2. The van der Waals surface area contributed by atoms with Crippen LogP contribution in [0.5, 0.6) is 0 Å². The molecule has 0 aliphatic heterocycles. The van der Waals surface area contributed by atoms with Crippen molar-refractivity contribution in [1.29, 1.82) is 0 Å². The topological polar surface area (TPSA) is 94.4 Å². The highest BCUT2D eigenvalue weighted by Crippen LogP contribution is 2.41. The number of aromatic nitrogens is 1. The second-order valence-electron chi connectivity index (χ2n) is 5.54. The molecule has 1 heterocycles. The highest BCUT2D eigenvalue weighted by atomic mass is 16.6. The number of carbonyl (C=O) groups excluding carboxylic acids is 1. The van der Waals surface area contributed by atoms with Crippen molar-refractivity contribution in [2.75, 3.05) is 11.9 Å². The molecular formula is C17H17N3O4. The maximum atomic E-state index is 12.7. The van der Waals surface area contributed by atoms with E-state index < -0.39 is 16.4 Å². The first-order valence-electron chi connectivity index (χ1n) is 7.71. The van der Waals surface area contributed by atoms with Crippen LogP contribution < -0.4 is 5.32 Å². The third-order valence-corrected chi connectivity index (χ3v) is 4.19. The molecule has 1 aliphatic rings. The van der Waals surface area contributed by atoms with Crippen LogP contribution in [-0.2, 0) is 21.5 Å². The van der Waals surface area contributed by atoms with Gasteiger partial charge in [-0.3, -0.25) is 10.1 Å². The highest BCUT2D eigenvalue weighted by Gasteiger charge is 2.47. The molecule has 1 unspecified atom stereocenters. The number of nitro groups is 1. The minimum Gasteiger partial charge on any atom is -0.464 e. The number of hydrogen-bond donors (Lipinski definition) is 1. The van der Waals surface area contributed by atoms with E-state index in [1.807, 2.05) is 24.3 Å². The Morgan fingerprint density at radius 2 is 2.17 bits per heavy atom. The van der Waals surface area contributed by atoms with Gasteiger partial charge in [-0.05, 0) is 37.0 Å². The number of pyridine rings is 1. The van der Waals surface area contributed by atoms with E-state index in [9.17, 15) is 14.9 Å². The summed E-state index contributed by atoms with van der Waals surface area (Å²) < 4.78 is 5.26. The molecule has 0 saturated heterocycles. The zero-order chi connectivity index (χ0) is 17.2. The molecule has 0 spiro atoms. The maximum Gasteiger partial charge on any atom is 0.336 e. The fraction of sp³-hybridized carbons (Fsp3) is 0.294. The van der Waals surface area contributed by atoms with Crippen LogP contribution in [0.25, 0.3) is 0 Å². The SMILES string of the molecule is CCOC(=O)C1(Nc2ncccc2[N+](=O)[O-])CCc2ccccc21. The van der Waals surface area contributed by atoms with E-state index in [1.165, 1.54) is 18.3 Å². The average Bonchev–Trinajstić information content (AvgIpc) is 2.95. The Hall–Kier alpha value is -2.96. The Morgan fingerprint density at radius 1 is 1.38 bits per heavy atom. The first-order valence-corrected chi connectivity index (χ1v) is 7.71. The Morgan fingerprint density at radius 3 is 2.92 bits per heavy atom. The minimum atomic E-state index is -1.16. The van der Waals surface area contributed by atoms with Crippen molar-refractivity contribution >= 4 is 17.5 Å². The zero-order valence-corrected chi connectivity index (χ0v) is 13.2. The maximum absolute atomic E-state index is 12.7. The van der Waals surface area contributed by atoms with Crippen molar-refractivity contribution in [3.63, 3.8) is 0 Å². The monoisotopic (exact) mass is 327 g/mol. The molecule has 24 heavy (non-hydrogen) atoms. The number of fused-ring (bicyclic) bond motifs is 1. The van der Waals surface area contributed by atoms with Crippen LogP contribution in [0.2, 0.25) is 0 Å². The molecular weight excluding hydrogens is 310 g/mol. The lowest BCUT2D eigenvalue weighted by Crippen LogP contribution is -2.43. The van der Waals surface area contributed by atoms with Gasteiger partial charge in [0, 0.05) is 12.3 Å². The number of hydrogen-bond acceptors (Lipinski definition) is 6. The van der Waals surface area contributed by atoms with Crippen molar-refractivity contribution in [2.45, 2.75) is 25.3 Å². The summed E-state index contributed by atoms with van der Waals surface area (Å²) in [6.07, 6.45) is 2.59. The molecule has 0 bridgehead atoms. The standard InChI is InChI=1S/C17H17N3O4/c1-2-24-16(21)17(10-9-12-6-3-4-7-13(12)17)19-15-14(20(22)23)8-5-11-18-15/h3-8,11H,2,9-10H2,1H3,(H,18,19). The van der Waals surface area contributed by atoms with Gasteiger partial charge in [0.25, 0.3) is 0 Å². The largest absolute Gasteiger partial charge is 0.464 e. The van der Waals surface area contributed by atoms with Crippen molar-refractivity contribution < 1.29 is 14.5 Å². The summed E-state index contributed by atoms with van der Waals surface area (Å²) in [5.41, 5.74) is 0.469. The Labute approximate surface area is 138 Å². The molecule has 1 atom stereocenters.